The predicted octanol–water partition coefficient (Wildman–Crippen LogP) is 0.811. The van der Waals surface area contributed by atoms with Crippen LogP contribution in [-0.2, 0) is 19.7 Å². The van der Waals surface area contributed by atoms with Gasteiger partial charge in [-0.3, -0.25) is 14.1 Å². The molecule has 3 N–H and O–H groups in total. The first kappa shape index (κ1) is 21.2. The Hall–Kier alpha value is -0.150. The third-order valence-electron chi connectivity index (χ3n) is 1.94. The molecule has 0 rings (SSSR count). The van der Waals surface area contributed by atoms with E-state index in [1.54, 1.807) is 0 Å². The minimum Gasteiger partial charge on any atom is -0.481 e. The van der Waals surface area contributed by atoms with Gasteiger partial charge in [-0.25, -0.2) is 0 Å². The summed E-state index contributed by atoms with van der Waals surface area (Å²) in [4.78, 5) is 20.0. The Morgan fingerprint density at radius 1 is 1.16 bits per heavy atom. The third kappa shape index (κ3) is 14.1. The van der Waals surface area contributed by atoms with Gasteiger partial charge in [-0.1, -0.05) is 0 Å². The topological polar surface area (TPSA) is 129 Å². The zero-order valence-corrected chi connectivity index (χ0v) is 14.3. The summed E-state index contributed by atoms with van der Waals surface area (Å²) in [5.74, 6) is -2.59. The van der Waals surface area contributed by atoms with Gasteiger partial charge in [-0.05, 0) is 0 Å². The summed E-state index contributed by atoms with van der Waals surface area (Å²) in [5.41, 5.74) is 0. The molecule has 0 aliphatic rings. The first-order chi connectivity index (χ1) is 8.37. The summed E-state index contributed by atoms with van der Waals surface area (Å²) in [7, 11) is -4.84. The maximum Gasteiger partial charge on any atom is 0.325 e. The van der Waals surface area contributed by atoms with Crippen molar-refractivity contribution in [3.05, 3.63) is 0 Å². The Labute approximate surface area is 130 Å². The van der Waals surface area contributed by atoms with Crippen molar-refractivity contribution in [2.24, 2.45) is 5.92 Å². The average molecular weight is 306 g/mol. The molecule has 2 unspecified atom stereocenters. The molecule has 0 aromatic rings. The van der Waals surface area contributed by atoms with Crippen LogP contribution in [0.3, 0.4) is 0 Å². The van der Waals surface area contributed by atoms with Crippen LogP contribution in [0, 0.1) is 5.92 Å². The summed E-state index contributed by atoms with van der Waals surface area (Å²) >= 11 is 1.37. The van der Waals surface area contributed by atoms with Crippen molar-refractivity contribution in [1.29, 1.82) is 0 Å². The van der Waals surface area contributed by atoms with Crippen LogP contribution in [0.25, 0.3) is 0 Å². The molecule has 108 valence electrons. The second kappa shape index (κ2) is 9.71. The van der Waals surface area contributed by atoms with Gasteiger partial charge in [0, 0.05) is 0 Å². The summed E-state index contributed by atoms with van der Waals surface area (Å²) in [6, 6.07) is 0. The smallest absolute Gasteiger partial charge is 0.325 e. The van der Waals surface area contributed by atoms with E-state index in [2.05, 4.69) is 20.8 Å². The molecular weight excluding hydrogens is 287 g/mol. The second-order valence-electron chi connectivity index (χ2n) is 4.96. The van der Waals surface area contributed by atoms with Crippen LogP contribution in [0.4, 0.5) is 0 Å². The van der Waals surface area contributed by atoms with Crippen LogP contribution in [0.5, 0.6) is 0 Å². The van der Waals surface area contributed by atoms with E-state index >= 15 is 0 Å². The molecule has 0 radical (unpaired) electrons. The van der Waals surface area contributed by atoms with Crippen LogP contribution < -0.4 is 0 Å². The van der Waals surface area contributed by atoms with Crippen LogP contribution >= 0.6 is 0 Å². The molecule has 0 aromatic carbocycles. The molecule has 0 aromatic heterocycles. The molecule has 19 heavy (non-hydrogen) atoms. The van der Waals surface area contributed by atoms with Crippen molar-refractivity contribution in [2.75, 3.05) is 0 Å². The second-order valence-corrected chi connectivity index (χ2v) is 8.53. The van der Waals surface area contributed by atoms with Crippen molar-refractivity contribution < 1.29 is 32.8 Å². The minimum atomic E-state index is -4.84. The zero-order valence-electron chi connectivity index (χ0n) is 11.5. The van der Waals surface area contributed by atoms with Crippen molar-refractivity contribution in [1.82, 2.24) is 0 Å². The third-order valence-corrected chi connectivity index (χ3v) is 3.50. The van der Waals surface area contributed by atoms with Crippen LogP contribution in [0.1, 0.15) is 33.6 Å². The number of hydrogen-bond donors (Lipinski definition) is 3. The van der Waals surface area contributed by atoms with Gasteiger partial charge in [-0.2, -0.15) is 8.42 Å². The van der Waals surface area contributed by atoms with Gasteiger partial charge in [0.25, 0.3) is 10.1 Å². The van der Waals surface area contributed by atoms with Gasteiger partial charge in [0.2, 0.25) is 0 Å². The Balaban J connectivity index is 0. The fourth-order valence-corrected chi connectivity index (χ4v) is 2.97. The molecule has 0 spiro atoms. The monoisotopic (exact) mass is 306 g/mol. The normalized spacial score (nSPS) is 14.3. The van der Waals surface area contributed by atoms with Crippen molar-refractivity contribution >= 4 is 50.0 Å². The maximum atomic E-state index is 10.2. The molecule has 0 heterocycles. The largest absolute Gasteiger partial charge is 0.481 e. The Bertz CT molecular complexity index is 383. The van der Waals surface area contributed by atoms with Gasteiger partial charge in [0.1, 0.15) is 0 Å². The molecule has 0 aliphatic carbocycles. The van der Waals surface area contributed by atoms with E-state index in [4.69, 9.17) is 14.8 Å². The fraction of sp³-hybridized carbons (Fsp3) is 0.800. The van der Waals surface area contributed by atoms with E-state index in [0.29, 0.717) is 0 Å². The van der Waals surface area contributed by atoms with E-state index in [-0.39, 0.29) is 0 Å². The van der Waals surface area contributed by atoms with E-state index in [1.807, 2.05) is 0 Å². The molecule has 0 saturated carbocycles. The predicted molar refractivity (Wildman–Crippen MR) is 69.9 cm³/mol. The number of rotatable bonds is 6. The minimum absolute atomic E-state index is 0.910. The van der Waals surface area contributed by atoms with Crippen LogP contribution in [-0.4, -0.2) is 68.3 Å². The summed E-state index contributed by atoms with van der Waals surface area (Å²) in [6.07, 6.45) is 0.264. The Kier molecular flexibility index (Phi) is 10.8. The first-order valence-corrected chi connectivity index (χ1v) is 8.44. The van der Waals surface area contributed by atoms with Crippen molar-refractivity contribution in [3.8, 4) is 0 Å². The van der Waals surface area contributed by atoms with Crippen LogP contribution in [0.2, 0.25) is 3.17 Å². The number of aliphatic carboxylic acids is 2. The SMILES string of the molecule is CC(C)C[CH](C)[Na].O=C(O)CC(C(=O)O)S(=O)(=O)O. The average Bonchev–Trinajstić information content (AvgIpc) is 2.10. The maximum absolute atomic E-state index is 10.2. The van der Waals surface area contributed by atoms with Crippen LogP contribution in [0.15, 0.2) is 0 Å². The molecule has 0 bridgehead atoms. The molecule has 0 fully saturated rings. The molecule has 9 heteroatoms. The van der Waals surface area contributed by atoms with Gasteiger partial charge in [0.15, 0.2) is 5.25 Å². The quantitative estimate of drug-likeness (QED) is 0.489. The van der Waals surface area contributed by atoms with E-state index in [0.717, 1.165) is 9.09 Å². The zero-order chi connectivity index (χ0) is 15.8. The van der Waals surface area contributed by atoms with Crippen molar-refractivity contribution in [3.63, 3.8) is 0 Å². The summed E-state index contributed by atoms with van der Waals surface area (Å²) in [5, 5.41) is 13.9. The standard InChI is InChI=1S/C6H13.C4H6O7S.Na/c1-4-5-6(2)3;5-3(6)1-2(4(7)8)12(9,10)11;/h4,6H,5H2,1-3H3;2H,1H2,(H,5,6)(H,7,8)(H,9,10,11);. The van der Waals surface area contributed by atoms with Gasteiger partial charge >= 0.3 is 76.1 Å². The van der Waals surface area contributed by atoms with Crippen molar-refractivity contribution in [2.45, 2.75) is 42.0 Å². The number of carboxylic acids is 2. The molecule has 0 saturated heterocycles. The molecule has 7 nitrogen and oxygen atoms in total. The molecular formula is C10H19NaO7S. The molecule has 0 amide bonds. The van der Waals surface area contributed by atoms with E-state index < -0.39 is 33.7 Å². The van der Waals surface area contributed by atoms with Gasteiger partial charge in [-0.15, -0.1) is 0 Å². The Morgan fingerprint density at radius 2 is 1.58 bits per heavy atom. The van der Waals surface area contributed by atoms with E-state index in [1.165, 1.54) is 34.4 Å². The molecule has 0 aliphatic heterocycles. The molecule has 2 atom stereocenters. The number of carbonyl (C=O) groups is 2. The summed E-state index contributed by atoms with van der Waals surface area (Å²) < 4.78 is 29.7. The van der Waals surface area contributed by atoms with Gasteiger partial charge < -0.3 is 10.2 Å². The number of hydrogen-bond acceptors (Lipinski definition) is 4. The summed E-state index contributed by atoms with van der Waals surface area (Å²) in [6.45, 7) is 6.90. The number of carboxylic acid groups (broad SMARTS) is 2. The van der Waals surface area contributed by atoms with E-state index in [9.17, 15) is 18.0 Å². The van der Waals surface area contributed by atoms with Gasteiger partial charge in [0.05, 0.1) is 6.42 Å². The fourth-order valence-electron chi connectivity index (χ4n) is 1.42. The first-order valence-electron chi connectivity index (χ1n) is 5.78. The Morgan fingerprint density at radius 3 is 1.63 bits per heavy atom.